The molecule has 1 unspecified atom stereocenters. The SMILES string of the molecule is COc1cc2sc(=O)oc2cc1C(C)CO. The first-order valence-corrected chi connectivity index (χ1v) is 5.69. The smallest absolute Gasteiger partial charge is 0.396 e. The van der Waals surface area contributed by atoms with Crippen molar-refractivity contribution in [1.82, 2.24) is 0 Å². The van der Waals surface area contributed by atoms with Crippen molar-refractivity contribution >= 4 is 21.6 Å². The molecule has 0 saturated carbocycles. The van der Waals surface area contributed by atoms with Crippen LogP contribution in [-0.4, -0.2) is 18.8 Å². The molecule has 1 N–H and O–H groups in total. The number of rotatable bonds is 3. The lowest BCUT2D eigenvalue weighted by Gasteiger charge is -2.12. The Kier molecular flexibility index (Phi) is 2.98. The minimum atomic E-state index is -0.328. The number of ether oxygens (including phenoxy) is 1. The average Bonchev–Trinajstić information content (AvgIpc) is 2.65. The highest BCUT2D eigenvalue weighted by atomic mass is 32.1. The summed E-state index contributed by atoms with van der Waals surface area (Å²) in [4.78, 5) is 10.8. The van der Waals surface area contributed by atoms with E-state index in [-0.39, 0.29) is 17.5 Å². The molecule has 1 aromatic heterocycles. The Labute approximate surface area is 96.1 Å². The van der Waals surface area contributed by atoms with Crippen molar-refractivity contribution in [3.63, 3.8) is 0 Å². The molecule has 0 fully saturated rings. The van der Waals surface area contributed by atoms with Gasteiger partial charge in [0, 0.05) is 24.2 Å². The van der Waals surface area contributed by atoms with Gasteiger partial charge in [-0.25, -0.2) is 4.79 Å². The van der Waals surface area contributed by atoms with E-state index < -0.39 is 0 Å². The van der Waals surface area contributed by atoms with Crippen LogP contribution in [0, 0.1) is 0 Å². The Morgan fingerprint density at radius 2 is 2.31 bits per heavy atom. The van der Waals surface area contributed by atoms with Gasteiger partial charge in [0.2, 0.25) is 0 Å². The summed E-state index contributed by atoms with van der Waals surface area (Å²) < 4.78 is 11.0. The Morgan fingerprint density at radius 3 is 2.94 bits per heavy atom. The maximum Gasteiger partial charge on any atom is 0.396 e. The van der Waals surface area contributed by atoms with Crippen LogP contribution in [0.4, 0.5) is 0 Å². The van der Waals surface area contributed by atoms with Crippen molar-refractivity contribution < 1.29 is 14.3 Å². The van der Waals surface area contributed by atoms with E-state index >= 15 is 0 Å². The van der Waals surface area contributed by atoms with Crippen molar-refractivity contribution in [2.24, 2.45) is 0 Å². The van der Waals surface area contributed by atoms with Crippen LogP contribution < -0.4 is 9.68 Å². The van der Waals surface area contributed by atoms with Crippen molar-refractivity contribution in [1.29, 1.82) is 0 Å². The maximum absolute atomic E-state index is 11.1. The van der Waals surface area contributed by atoms with Crippen LogP contribution in [0.3, 0.4) is 0 Å². The predicted molar refractivity (Wildman–Crippen MR) is 62.4 cm³/mol. The number of aliphatic hydroxyl groups excluding tert-OH is 1. The number of aliphatic hydroxyl groups is 1. The molecule has 1 aromatic carbocycles. The molecule has 0 amide bonds. The Hall–Kier alpha value is -1.33. The number of hydrogen-bond acceptors (Lipinski definition) is 5. The van der Waals surface area contributed by atoms with E-state index in [0.717, 1.165) is 21.6 Å². The molecule has 1 atom stereocenters. The van der Waals surface area contributed by atoms with E-state index in [1.165, 1.54) is 0 Å². The van der Waals surface area contributed by atoms with Crippen LogP contribution in [-0.2, 0) is 0 Å². The quantitative estimate of drug-likeness (QED) is 0.891. The molecule has 0 aliphatic heterocycles. The van der Waals surface area contributed by atoms with Gasteiger partial charge < -0.3 is 14.3 Å². The molecule has 0 radical (unpaired) electrons. The van der Waals surface area contributed by atoms with Crippen LogP contribution in [0.15, 0.2) is 21.3 Å². The van der Waals surface area contributed by atoms with Gasteiger partial charge in [-0.05, 0) is 6.07 Å². The molecule has 2 aromatic rings. The molecular formula is C11H12O4S. The van der Waals surface area contributed by atoms with Crippen molar-refractivity contribution in [3.05, 3.63) is 27.4 Å². The molecule has 2 rings (SSSR count). The third kappa shape index (κ3) is 1.83. The number of methoxy groups -OCH3 is 1. The van der Waals surface area contributed by atoms with Gasteiger partial charge >= 0.3 is 4.94 Å². The molecule has 16 heavy (non-hydrogen) atoms. The maximum atomic E-state index is 11.1. The molecular weight excluding hydrogens is 228 g/mol. The van der Waals surface area contributed by atoms with Crippen LogP contribution in [0.1, 0.15) is 18.4 Å². The monoisotopic (exact) mass is 240 g/mol. The summed E-state index contributed by atoms with van der Waals surface area (Å²) in [7, 11) is 1.57. The second-order valence-corrected chi connectivity index (χ2v) is 4.56. The molecule has 5 heteroatoms. The van der Waals surface area contributed by atoms with Gasteiger partial charge in [-0.1, -0.05) is 18.3 Å². The van der Waals surface area contributed by atoms with E-state index in [4.69, 9.17) is 14.3 Å². The van der Waals surface area contributed by atoms with Crippen LogP contribution in [0.25, 0.3) is 10.3 Å². The van der Waals surface area contributed by atoms with Gasteiger partial charge in [0.25, 0.3) is 0 Å². The topological polar surface area (TPSA) is 59.7 Å². The van der Waals surface area contributed by atoms with Gasteiger partial charge in [0.15, 0.2) is 0 Å². The normalized spacial score (nSPS) is 12.9. The molecule has 0 spiro atoms. The predicted octanol–water partition coefficient (Wildman–Crippen LogP) is 1.96. The average molecular weight is 240 g/mol. The molecule has 0 saturated heterocycles. The minimum absolute atomic E-state index is 0.0240. The first-order valence-electron chi connectivity index (χ1n) is 4.88. The zero-order chi connectivity index (χ0) is 11.7. The Bertz CT molecular complexity index is 555. The van der Waals surface area contributed by atoms with Crippen LogP contribution in [0.2, 0.25) is 0 Å². The largest absolute Gasteiger partial charge is 0.496 e. The standard InChI is InChI=1S/C11H12O4S/c1-6(5-12)7-3-9-10(4-8(7)14-2)16-11(13)15-9/h3-4,6,12H,5H2,1-2H3. The van der Waals surface area contributed by atoms with E-state index in [0.29, 0.717) is 11.3 Å². The fourth-order valence-electron chi connectivity index (χ4n) is 1.58. The number of fused-ring (bicyclic) bond motifs is 1. The summed E-state index contributed by atoms with van der Waals surface area (Å²) >= 11 is 1.04. The highest BCUT2D eigenvalue weighted by Crippen LogP contribution is 2.32. The fraction of sp³-hybridized carbons (Fsp3) is 0.364. The summed E-state index contributed by atoms with van der Waals surface area (Å²) in [6.07, 6.45) is 0. The number of benzene rings is 1. The third-order valence-electron chi connectivity index (χ3n) is 2.49. The lowest BCUT2D eigenvalue weighted by Crippen LogP contribution is -2.01. The molecule has 4 nitrogen and oxygen atoms in total. The zero-order valence-electron chi connectivity index (χ0n) is 9.02. The second kappa shape index (κ2) is 4.27. The summed E-state index contributed by atoms with van der Waals surface area (Å²) in [6, 6.07) is 3.53. The molecule has 86 valence electrons. The highest BCUT2D eigenvalue weighted by Gasteiger charge is 2.14. The zero-order valence-corrected chi connectivity index (χ0v) is 9.84. The van der Waals surface area contributed by atoms with Crippen LogP contribution >= 0.6 is 11.3 Å². The molecule has 1 heterocycles. The fourth-order valence-corrected chi connectivity index (χ4v) is 2.26. The van der Waals surface area contributed by atoms with Gasteiger partial charge in [0.05, 0.1) is 11.8 Å². The van der Waals surface area contributed by atoms with Gasteiger partial charge in [-0.3, -0.25) is 0 Å². The van der Waals surface area contributed by atoms with E-state index in [1.54, 1.807) is 19.2 Å². The molecule has 0 bridgehead atoms. The second-order valence-electron chi connectivity index (χ2n) is 3.58. The van der Waals surface area contributed by atoms with Crippen molar-refractivity contribution in [2.45, 2.75) is 12.8 Å². The first kappa shape index (κ1) is 11.2. The summed E-state index contributed by atoms with van der Waals surface area (Å²) in [6.45, 7) is 1.91. The van der Waals surface area contributed by atoms with Crippen molar-refractivity contribution in [2.75, 3.05) is 13.7 Å². The summed E-state index contributed by atoms with van der Waals surface area (Å²) in [5.74, 6) is 0.621. The lowest BCUT2D eigenvalue weighted by atomic mass is 10.0. The molecule has 0 aliphatic carbocycles. The number of hydrogen-bond donors (Lipinski definition) is 1. The Morgan fingerprint density at radius 1 is 1.56 bits per heavy atom. The summed E-state index contributed by atoms with van der Waals surface area (Å²) in [5, 5.41) is 9.14. The van der Waals surface area contributed by atoms with Gasteiger partial charge in [-0.15, -0.1) is 0 Å². The first-order chi connectivity index (χ1) is 7.65. The van der Waals surface area contributed by atoms with E-state index in [9.17, 15) is 4.79 Å². The summed E-state index contributed by atoms with van der Waals surface area (Å²) in [5.41, 5.74) is 1.39. The lowest BCUT2D eigenvalue weighted by molar-refractivity contribution is 0.270. The van der Waals surface area contributed by atoms with E-state index in [1.807, 2.05) is 6.92 Å². The van der Waals surface area contributed by atoms with E-state index in [2.05, 4.69) is 0 Å². The van der Waals surface area contributed by atoms with Crippen molar-refractivity contribution in [3.8, 4) is 5.75 Å². The minimum Gasteiger partial charge on any atom is -0.496 e. The third-order valence-corrected chi connectivity index (χ3v) is 3.28. The Balaban J connectivity index is 2.66. The van der Waals surface area contributed by atoms with Crippen LogP contribution in [0.5, 0.6) is 5.75 Å². The highest BCUT2D eigenvalue weighted by molar-refractivity contribution is 7.16. The van der Waals surface area contributed by atoms with Gasteiger partial charge in [-0.2, -0.15) is 0 Å². The van der Waals surface area contributed by atoms with Gasteiger partial charge in [0.1, 0.15) is 11.3 Å². The molecule has 0 aliphatic rings.